The zero-order valence-corrected chi connectivity index (χ0v) is 10.3. The van der Waals surface area contributed by atoms with Crippen LogP contribution in [0.4, 0.5) is 5.82 Å². The minimum atomic E-state index is 0.160. The van der Waals surface area contributed by atoms with Crippen LogP contribution in [0.25, 0.3) is 0 Å². The highest BCUT2D eigenvalue weighted by Gasteiger charge is 2.31. The SMILES string of the molecule is CC(N)CN(c1ncncc1Br)C1CC1. The highest BCUT2D eigenvalue weighted by atomic mass is 79.9. The van der Waals surface area contributed by atoms with Gasteiger partial charge in [-0.25, -0.2) is 9.97 Å². The fourth-order valence-electron chi connectivity index (χ4n) is 1.62. The monoisotopic (exact) mass is 270 g/mol. The first-order chi connectivity index (χ1) is 7.18. The maximum absolute atomic E-state index is 5.85. The Morgan fingerprint density at radius 3 is 2.93 bits per heavy atom. The van der Waals surface area contributed by atoms with Crippen molar-refractivity contribution in [2.45, 2.75) is 31.8 Å². The molecule has 0 saturated heterocycles. The number of hydrogen-bond donors (Lipinski definition) is 1. The van der Waals surface area contributed by atoms with Gasteiger partial charge >= 0.3 is 0 Å². The summed E-state index contributed by atoms with van der Waals surface area (Å²) in [6, 6.07) is 0.773. The Bertz CT molecular complexity index is 338. The van der Waals surface area contributed by atoms with E-state index in [9.17, 15) is 0 Å². The second-order valence-corrected chi connectivity index (χ2v) is 4.91. The maximum atomic E-state index is 5.85. The second-order valence-electron chi connectivity index (χ2n) is 4.06. The topological polar surface area (TPSA) is 55.0 Å². The molecule has 5 heteroatoms. The van der Waals surface area contributed by atoms with Crippen molar-refractivity contribution < 1.29 is 0 Å². The van der Waals surface area contributed by atoms with Gasteiger partial charge < -0.3 is 10.6 Å². The smallest absolute Gasteiger partial charge is 0.146 e. The van der Waals surface area contributed by atoms with Gasteiger partial charge in [0, 0.05) is 24.8 Å². The van der Waals surface area contributed by atoms with E-state index in [1.807, 2.05) is 6.92 Å². The first-order valence-electron chi connectivity index (χ1n) is 5.16. The average Bonchev–Trinajstić information content (AvgIpc) is 2.98. The molecule has 0 aromatic carbocycles. The van der Waals surface area contributed by atoms with Gasteiger partial charge in [0.1, 0.15) is 12.1 Å². The molecule has 0 bridgehead atoms. The van der Waals surface area contributed by atoms with Crippen molar-refractivity contribution in [1.82, 2.24) is 9.97 Å². The Hall–Kier alpha value is -0.680. The molecule has 1 aliphatic rings. The summed E-state index contributed by atoms with van der Waals surface area (Å²) in [6.07, 6.45) is 5.84. The Morgan fingerprint density at radius 1 is 1.67 bits per heavy atom. The largest absolute Gasteiger partial charge is 0.351 e. The zero-order chi connectivity index (χ0) is 10.8. The lowest BCUT2D eigenvalue weighted by Gasteiger charge is -2.25. The number of nitrogens with two attached hydrogens (primary N) is 1. The number of halogens is 1. The van der Waals surface area contributed by atoms with E-state index >= 15 is 0 Å². The molecule has 1 aromatic heterocycles. The van der Waals surface area contributed by atoms with Gasteiger partial charge in [-0.3, -0.25) is 0 Å². The van der Waals surface area contributed by atoms with E-state index < -0.39 is 0 Å². The molecule has 15 heavy (non-hydrogen) atoms. The molecule has 1 heterocycles. The third kappa shape index (κ3) is 2.66. The van der Waals surface area contributed by atoms with E-state index in [-0.39, 0.29) is 6.04 Å². The summed E-state index contributed by atoms with van der Waals surface area (Å²) < 4.78 is 0.942. The van der Waals surface area contributed by atoms with Crippen LogP contribution in [0.3, 0.4) is 0 Å². The lowest BCUT2D eigenvalue weighted by molar-refractivity contribution is 0.664. The Morgan fingerprint density at radius 2 is 2.40 bits per heavy atom. The van der Waals surface area contributed by atoms with Crippen LogP contribution < -0.4 is 10.6 Å². The lowest BCUT2D eigenvalue weighted by Crippen LogP contribution is -2.37. The van der Waals surface area contributed by atoms with Gasteiger partial charge in [-0.05, 0) is 35.7 Å². The van der Waals surface area contributed by atoms with Crippen LogP contribution in [-0.4, -0.2) is 28.6 Å². The third-order valence-corrected chi connectivity index (χ3v) is 2.95. The van der Waals surface area contributed by atoms with Crippen LogP contribution in [0.5, 0.6) is 0 Å². The van der Waals surface area contributed by atoms with Crippen LogP contribution in [0, 0.1) is 0 Å². The molecule has 1 unspecified atom stereocenters. The van der Waals surface area contributed by atoms with Gasteiger partial charge in [-0.1, -0.05) is 0 Å². The summed E-state index contributed by atoms with van der Waals surface area (Å²) in [5.74, 6) is 0.963. The highest BCUT2D eigenvalue weighted by Crippen LogP contribution is 2.33. The van der Waals surface area contributed by atoms with E-state index in [0.29, 0.717) is 6.04 Å². The zero-order valence-electron chi connectivity index (χ0n) is 8.73. The van der Waals surface area contributed by atoms with Crippen LogP contribution in [0.1, 0.15) is 19.8 Å². The molecule has 2 rings (SSSR count). The van der Waals surface area contributed by atoms with Gasteiger partial charge in [-0.2, -0.15) is 0 Å². The molecule has 1 aliphatic carbocycles. The van der Waals surface area contributed by atoms with Gasteiger partial charge in [-0.15, -0.1) is 0 Å². The summed E-state index contributed by atoms with van der Waals surface area (Å²) in [4.78, 5) is 10.5. The van der Waals surface area contributed by atoms with Crippen molar-refractivity contribution >= 4 is 21.7 Å². The Balaban J connectivity index is 2.20. The molecule has 1 atom stereocenters. The highest BCUT2D eigenvalue weighted by molar-refractivity contribution is 9.10. The van der Waals surface area contributed by atoms with Crippen molar-refractivity contribution in [2.24, 2.45) is 5.73 Å². The van der Waals surface area contributed by atoms with Crippen molar-refractivity contribution in [1.29, 1.82) is 0 Å². The number of nitrogens with zero attached hydrogens (tertiary/aromatic N) is 3. The molecule has 1 aromatic rings. The molecular formula is C10H15BrN4. The second kappa shape index (κ2) is 4.45. The third-order valence-electron chi connectivity index (χ3n) is 2.39. The maximum Gasteiger partial charge on any atom is 0.146 e. The van der Waals surface area contributed by atoms with Crippen molar-refractivity contribution in [3.63, 3.8) is 0 Å². The van der Waals surface area contributed by atoms with Crippen LogP contribution in [0.2, 0.25) is 0 Å². The molecule has 2 N–H and O–H groups in total. The normalized spacial score (nSPS) is 17.5. The summed E-state index contributed by atoms with van der Waals surface area (Å²) in [5, 5.41) is 0. The molecule has 1 saturated carbocycles. The molecule has 0 radical (unpaired) electrons. The van der Waals surface area contributed by atoms with Crippen molar-refractivity contribution in [3.05, 3.63) is 17.0 Å². The minimum absolute atomic E-state index is 0.160. The number of anilines is 1. The first-order valence-corrected chi connectivity index (χ1v) is 5.95. The van der Waals surface area contributed by atoms with Crippen LogP contribution in [-0.2, 0) is 0 Å². The molecule has 0 amide bonds. The summed E-state index contributed by atoms with van der Waals surface area (Å²) >= 11 is 3.48. The molecule has 0 spiro atoms. The van der Waals surface area contributed by atoms with E-state index in [0.717, 1.165) is 16.8 Å². The van der Waals surface area contributed by atoms with Crippen LogP contribution in [0.15, 0.2) is 17.0 Å². The fourth-order valence-corrected chi connectivity index (χ4v) is 2.07. The summed E-state index contributed by atoms with van der Waals surface area (Å²) in [5.41, 5.74) is 5.85. The molecule has 1 fully saturated rings. The number of hydrogen-bond acceptors (Lipinski definition) is 4. The Kier molecular flexibility index (Phi) is 3.21. The quantitative estimate of drug-likeness (QED) is 0.902. The minimum Gasteiger partial charge on any atom is -0.351 e. The van der Waals surface area contributed by atoms with Crippen molar-refractivity contribution in [2.75, 3.05) is 11.4 Å². The molecular weight excluding hydrogens is 256 g/mol. The summed E-state index contributed by atoms with van der Waals surface area (Å²) in [6.45, 7) is 2.87. The lowest BCUT2D eigenvalue weighted by atomic mass is 10.3. The molecule has 82 valence electrons. The summed E-state index contributed by atoms with van der Waals surface area (Å²) in [7, 11) is 0. The molecule has 4 nitrogen and oxygen atoms in total. The van der Waals surface area contributed by atoms with Gasteiger partial charge in [0.25, 0.3) is 0 Å². The molecule has 0 aliphatic heterocycles. The first kappa shape index (κ1) is 10.8. The van der Waals surface area contributed by atoms with E-state index in [1.165, 1.54) is 12.8 Å². The van der Waals surface area contributed by atoms with Gasteiger partial charge in [0.15, 0.2) is 0 Å². The van der Waals surface area contributed by atoms with Gasteiger partial charge in [0.2, 0.25) is 0 Å². The average molecular weight is 271 g/mol. The standard InChI is InChI=1S/C10H15BrN4/c1-7(12)5-15(8-2-3-8)10-9(11)4-13-6-14-10/h4,6-8H,2-3,5,12H2,1H3. The van der Waals surface area contributed by atoms with Gasteiger partial charge in [0.05, 0.1) is 4.47 Å². The van der Waals surface area contributed by atoms with E-state index in [1.54, 1.807) is 12.5 Å². The van der Waals surface area contributed by atoms with E-state index in [4.69, 9.17) is 5.73 Å². The van der Waals surface area contributed by atoms with Crippen LogP contribution >= 0.6 is 15.9 Å². The predicted octanol–water partition coefficient (Wildman–Crippen LogP) is 1.56. The number of aromatic nitrogens is 2. The number of rotatable bonds is 4. The van der Waals surface area contributed by atoms with E-state index in [2.05, 4.69) is 30.8 Å². The Labute approximate surface area is 98.0 Å². The fraction of sp³-hybridized carbons (Fsp3) is 0.600. The predicted molar refractivity (Wildman–Crippen MR) is 63.7 cm³/mol. The van der Waals surface area contributed by atoms with Crippen molar-refractivity contribution in [3.8, 4) is 0 Å².